The third-order valence-corrected chi connectivity index (χ3v) is 5.25. The van der Waals surface area contributed by atoms with E-state index in [9.17, 15) is 14.7 Å². The van der Waals surface area contributed by atoms with Crippen molar-refractivity contribution in [2.45, 2.75) is 33.2 Å². The molecule has 0 radical (unpaired) electrons. The predicted molar refractivity (Wildman–Crippen MR) is 106 cm³/mol. The number of carbonyl (C=O) groups excluding carboxylic acids is 2. The molecule has 1 aromatic heterocycles. The van der Waals surface area contributed by atoms with Crippen molar-refractivity contribution in [1.82, 2.24) is 0 Å². The Morgan fingerprint density at radius 2 is 2.07 bits per heavy atom. The number of Topliss-reactive ketones (excluding diaryl/α,β-unsaturated/α-hetero) is 1. The first-order valence-corrected chi connectivity index (χ1v) is 9.88. The third-order valence-electron chi connectivity index (χ3n) is 4.32. The van der Waals surface area contributed by atoms with E-state index in [0.717, 1.165) is 4.88 Å². The van der Waals surface area contributed by atoms with Gasteiger partial charge in [-0.3, -0.25) is 14.5 Å². The maximum absolute atomic E-state index is 12.9. The zero-order valence-corrected chi connectivity index (χ0v) is 16.5. The Balaban J connectivity index is 2.08. The number of aliphatic hydroxyl groups excluding tert-OH is 1. The number of nitrogens with zero attached hydrogens (tertiary/aromatic N) is 1. The number of ketones is 1. The molecule has 0 saturated carbocycles. The average molecular weight is 385 g/mol. The summed E-state index contributed by atoms with van der Waals surface area (Å²) in [7, 11) is 0. The molecule has 0 saturated heterocycles. The van der Waals surface area contributed by atoms with Crippen LogP contribution in [0.5, 0.6) is 5.75 Å². The van der Waals surface area contributed by atoms with Crippen molar-refractivity contribution < 1.29 is 19.4 Å². The average Bonchev–Trinajstić information content (AvgIpc) is 3.22. The number of rotatable bonds is 7. The van der Waals surface area contributed by atoms with Gasteiger partial charge in [0, 0.05) is 23.1 Å². The Morgan fingerprint density at radius 3 is 2.70 bits per heavy atom. The molecular weight excluding hydrogens is 362 g/mol. The van der Waals surface area contributed by atoms with Gasteiger partial charge in [-0.25, -0.2) is 0 Å². The molecule has 1 aliphatic heterocycles. The Labute approximate surface area is 162 Å². The van der Waals surface area contributed by atoms with E-state index in [0.29, 0.717) is 18.0 Å². The Morgan fingerprint density at radius 1 is 1.30 bits per heavy atom. The number of benzene rings is 1. The molecule has 1 aliphatic rings. The summed E-state index contributed by atoms with van der Waals surface area (Å²) in [5.74, 6) is -0.450. The van der Waals surface area contributed by atoms with E-state index < -0.39 is 17.7 Å². The molecule has 5 nitrogen and oxygen atoms in total. The Hall–Kier alpha value is -2.60. The molecule has 142 valence electrons. The number of hydrogen-bond acceptors (Lipinski definition) is 5. The summed E-state index contributed by atoms with van der Waals surface area (Å²) in [4.78, 5) is 28.1. The summed E-state index contributed by atoms with van der Waals surface area (Å²) in [6, 6.07) is 10.3. The first kappa shape index (κ1) is 19.2. The number of anilines is 1. The fraction of sp³-hybridized carbons (Fsp3) is 0.333. The number of ether oxygens (including phenoxy) is 1. The van der Waals surface area contributed by atoms with Gasteiger partial charge < -0.3 is 9.84 Å². The zero-order chi connectivity index (χ0) is 19.6. The monoisotopic (exact) mass is 385 g/mol. The Kier molecular flexibility index (Phi) is 5.65. The number of thiophene rings is 1. The highest BCUT2D eigenvalue weighted by Gasteiger charge is 2.44. The molecule has 3 rings (SSSR count). The van der Waals surface area contributed by atoms with Crippen LogP contribution in [0.1, 0.15) is 38.1 Å². The Bertz CT molecular complexity index is 870. The van der Waals surface area contributed by atoms with Gasteiger partial charge in [-0.15, -0.1) is 11.3 Å². The van der Waals surface area contributed by atoms with Crippen LogP contribution in [-0.2, 0) is 9.59 Å². The van der Waals surface area contributed by atoms with Crippen molar-refractivity contribution in [1.29, 1.82) is 0 Å². The van der Waals surface area contributed by atoms with Gasteiger partial charge in [0.2, 0.25) is 0 Å². The molecule has 1 N–H and O–H groups in total. The van der Waals surface area contributed by atoms with Gasteiger partial charge in [-0.2, -0.15) is 0 Å². The first-order chi connectivity index (χ1) is 12.9. The van der Waals surface area contributed by atoms with E-state index in [4.69, 9.17) is 4.74 Å². The van der Waals surface area contributed by atoms with Crippen molar-refractivity contribution >= 4 is 28.7 Å². The highest BCUT2D eigenvalue weighted by Crippen LogP contribution is 2.43. The molecule has 1 unspecified atom stereocenters. The lowest BCUT2D eigenvalue weighted by Crippen LogP contribution is -2.30. The molecule has 0 bridgehead atoms. The largest absolute Gasteiger partial charge is 0.503 e. The third kappa shape index (κ3) is 3.76. The van der Waals surface area contributed by atoms with Gasteiger partial charge in [0.15, 0.2) is 11.5 Å². The van der Waals surface area contributed by atoms with Crippen LogP contribution < -0.4 is 9.64 Å². The fourth-order valence-electron chi connectivity index (χ4n) is 3.24. The van der Waals surface area contributed by atoms with E-state index in [1.165, 1.54) is 16.2 Å². The van der Waals surface area contributed by atoms with Crippen LogP contribution in [0.25, 0.3) is 0 Å². The van der Waals surface area contributed by atoms with Crippen molar-refractivity contribution in [3.63, 3.8) is 0 Å². The second-order valence-electron chi connectivity index (χ2n) is 6.81. The molecule has 0 spiro atoms. The van der Waals surface area contributed by atoms with Crippen LogP contribution in [0, 0.1) is 5.92 Å². The molecule has 1 amide bonds. The fourth-order valence-corrected chi connectivity index (χ4v) is 4.07. The van der Waals surface area contributed by atoms with Crippen LogP contribution in [0.2, 0.25) is 0 Å². The van der Waals surface area contributed by atoms with E-state index in [1.54, 1.807) is 18.2 Å². The van der Waals surface area contributed by atoms with Crippen LogP contribution in [0.4, 0.5) is 5.69 Å². The maximum atomic E-state index is 12.9. The summed E-state index contributed by atoms with van der Waals surface area (Å²) in [5, 5.41) is 12.5. The molecule has 1 atom stereocenters. The number of aliphatic hydroxyl groups is 1. The summed E-state index contributed by atoms with van der Waals surface area (Å²) < 4.78 is 5.54. The maximum Gasteiger partial charge on any atom is 0.294 e. The molecule has 27 heavy (non-hydrogen) atoms. The van der Waals surface area contributed by atoms with E-state index in [1.807, 2.05) is 44.4 Å². The van der Waals surface area contributed by atoms with Crippen LogP contribution >= 0.6 is 11.3 Å². The summed E-state index contributed by atoms with van der Waals surface area (Å²) in [6.45, 7) is 6.27. The number of amides is 1. The van der Waals surface area contributed by atoms with Crippen LogP contribution in [0.15, 0.2) is 53.1 Å². The molecule has 6 heteroatoms. The second kappa shape index (κ2) is 7.96. The molecule has 0 fully saturated rings. The molecule has 2 aromatic rings. The topological polar surface area (TPSA) is 66.8 Å². The van der Waals surface area contributed by atoms with Gasteiger partial charge in [-0.05, 0) is 36.4 Å². The van der Waals surface area contributed by atoms with Crippen molar-refractivity contribution in [2.75, 3.05) is 11.5 Å². The predicted octanol–water partition coefficient (Wildman–Crippen LogP) is 4.66. The lowest BCUT2D eigenvalue weighted by Gasteiger charge is -2.26. The van der Waals surface area contributed by atoms with Gasteiger partial charge in [0.05, 0.1) is 12.2 Å². The molecule has 2 heterocycles. The minimum Gasteiger partial charge on any atom is -0.503 e. The SMILES string of the molecule is CCOc1cccc(N2C(=O)C(O)=C(C(=O)CC(C)C)C2c2cccs2)c1. The van der Waals surface area contributed by atoms with Crippen molar-refractivity contribution in [3.8, 4) is 5.75 Å². The van der Waals surface area contributed by atoms with Gasteiger partial charge in [0.1, 0.15) is 11.8 Å². The zero-order valence-electron chi connectivity index (χ0n) is 15.6. The van der Waals surface area contributed by atoms with E-state index in [-0.39, 0.29) is 23.7 Å². The van der Waals surface area contributed by atoms with Gasteiger partial charge in [0.25, 0.3) is 5.91 Å². The molecular formula is C21H23NO4S. The van der Waals surface area contributed by atoms with Gasteiger partial charge in [-0.1, -0.05) is 26.0 Å². The normalized spacial score (nSPS) is 17.1. The van der Waals surface area contributed by atoms with E-state index >= 15 is 0 Å². The lowest BCUT2D eigenvalue weighted by molar-refractivity contribution is -0.118. The summed E-state index contributed by atoms with van der Waals surface area (Å²) >= 11 is 1.45. The van der Waals surface area contributed by atoms with Gasteiger partial charge >= 0.3 is 0 Å². The minimum atomic E-state index is -0.624. The minimum absolute atomic E-state index is 0.132. The van der Waals surface area contributed by atoms with Crippen molar-refractivity contribution in [3.05, 3.63) is 58.0 Å². The lowest BCUT2D eigenvalue weighted by atomic mass is 9.95. The highest BCUT2D eigenvalue weighted by atomic mass is 32.1. The summed E-state index contributed by atoms with van der Waals surface area (Å²) in [5.41, 5.74) is 0.765. The number of carbonyl (C=O) groups is 2. The second-order valence-corrected chi connectivity index (χ2v) is 7.79. The standard InChI is InChI=1S/C21H23NO4S/c1-4-26-15-8-5-7-14(12-15)22-19(17-9-6-10-27-17)18(20(24)21(22)25)16(23)11-13(2)3/h5-10,12-13,19,24H,4,11H2,1-3H3. The van der Waals surface area contributed by atoms with E-state index in [2.05, 4.69) is 0 Å². The van der Waals surface area contributed by atoms with Crippen LogP contribution in [-0.4, -0.2) is 23.4 Å². The smallest absolute Gasteiger partial charge is 0.294 e. The first-order valence-electron chi connectivity index (χ1n) is 9.00. The number of hydrogen-bond donors (Lipinski definition) is 1. The molecule has 1 aromatic carbocycles. The van der Waals surface area contributed by atoms with Crippen LogP contribution in [0.3, 0.4) is 0 Å². The molecule has 0 aliphatic carbocycles. The van der Waals surface area contributed by atoms with Crippen molar-refractivity contribution in [2.24, 2.45) is 5.92 Å². The summed E-state index contributed by atoms with van der Waals surface area (Å²) in [6.07, 6.45) is 0.279. The quantitative estimate of drug-likeness (QED) is 0.753. The highest BCUT2D eigenvalue weighted by molar-refractivity contribution is 7.10.